The van der Waals surface area contributed by atoms with Crippen LogP contribution < -0.4 is 4.90 Å². The summed E-state index contributed by atoms with van der Waals surface area (Å²) < 4.78 is 6.91. The van der Waals surface area contributed by atoms with Crippen molar-refractivity contribution in [2.24, 2.45) is 11.8 Å². The first-order chi connectivity index (χ1) is 19.4. The van der Waals surface area contributed by atoms with Gasteiger partial charge in [-0.25, -0.2) is 0 Å². The number of likely N-dealkylation sites (tertiary alicyclic amines) is 1. The first-order valence-corrected chi connectivity index (χ1v) is 15.0. The fourth-order valence-corrected chi connectivity index (χ4v) is 7.15. The van der Waals surface area contributed by atoms with Gasteiger partial charge in [0.15, 0.2) is 0 Å². The molecule has 3 amide bonds. The number of fused-ring (bicyclic) bond motifs is 2. The van der Waals surface area contributed by atoms with E-state index < -0.39 is 29.1 Å². The zero-order valence-corrected chi connectivity index (χ0v) is 23.8. The van der Waals surface area contributed by atoms with Crippen LogP contribution >= 0.6 is 0 Å². The van der Waals surface area contributed by atoms with Gasteiger partial charge in [0.2, 0.25) is 17.7 Å². The van der Waals surface area contributed by atoms with Gasteiger partial charge in [-0.3, -0.25) is 14.4 Å². The Kier molecular flexibility index (Phi) is 8.47. The van der Waals surface area contributed by atoms with Crippen molar-refractivity contribution in [2.45, 2.75) is 76.0 Å². The number of carbonyl (C=O) groups excluding carboxylic acids is 3. The molecule has 1 aromatic carbocycles. The second kappa shape index (κ2) is 11.9. The van der Waals surface area contributed by atoms with Crippen LogP contribution in [-0.4, -0.2) is 82.7 Å². The summed E-state index contributed by atoms with van der Waals surface area (Å²) in [7, 11) is 0. The van der Waals surface area contributed by atoms with E-state index in [9.17, 15) is 19.5 Å². The van der Waals surface area contributed by atoms with Gasteiger partial charge in [-0.1, -0.05) is 75.1 Å². The smallest absolute Gasteiger partial charge is 0.249 e. The zero-order valence-electron chi connectivity index (χ0n) is 23.8. The number of aliphatic hydroxyl groups is 1. The van der Waals surface area contributed by atoms with Crippen molar-refractivity contribution in [3.63, 3.8) is 0 Å². The molecule has 2 saturated heterocycles. The maximum Gasteiger partial charge on any atom is 0.249 e. The maximum atomic E-state index is 14.4. The third-order valence-electron chi connectivity index (χ3n) is 9.05. The molecule has 40 heavy (non-hydrogen) atoms. The molecule has 4 aliphatic rings. The Hall–Kier alpha value is -2.97. The highest BCUT2D eigenvalue weighted by Gasteiger charge is 2.74. The van der Waals surface area contributed by atoms with E-state index in [1.54, 1.807) is 9.80 Å². The van der Waals surface area contributed by atoms with Crippen molar-refractivity contribution in [1.29, 1.82) is 0 Å². The van der Waals surface area contributed by atoms with Gasteiger partial charge in [0.25, 0.3) is 0 Å². The number of rotatable bonds is 11. The van der Waals surface area contributed by atoms with Gasteiger partial charge in [0.1, 0.15) is 11.6 Å². The third kappa shape index (κ3) is 4.90. The summed E-state index contributed by atoms with van der Waals surface area (Å²) in [5.74, 6) is -1.97. The second-order valence-corrected chi connectivity index (χ2v) is 11.7. The lowest BCUT2D eigenvalue weighted by Gasteiger charge is -2.37. The Morgan fingerprint density at radius 1 is 0.850 bits per heavy atom. The number of carbonyl (C=O) groups is 3. The molecule has 1 spiro atoms. The summed E-state index contributed by atoms with van der Waals surface area (Å²) >= 11 is 0. The lowest BCUT2D eigenvalue weighted by Crippen LogP contribution is -2.56. The van der Waals surface area contributed by atoms with E-state index in [0.717, 1.165) is 50.6 Å². The fraction of sp³-hybridized carbons (Fsp3) is 0.594. The van der Waals surface area contributed by atoms with E-state index in [-0.39, 0.29) is 24.3 Å². The number of amides is 3. The Balaban J connectivity index is 1.52. The topological polar surface area (TPSA) is 90.4 Å². The Morgan fingerprint density at radius 3 is 2.33 bits per heavy atom. The van der Waals surface area contributed by atoms with Crippen molar-refractivity contribution in [3.05, 3.63) is 54.6 Å². The van der Waals surface area contributed by atoms with Gasteiger partial charge in [0, 0.05) is 38.5 Å². The van der Waals surface area contributed by atoms with Crippen LogP contribution in [0.5, 0.6) is 0 Å². The average molecular weight is 550 g/mol. The zero-order chi connectivity index (χ0) is 28.3. The molecule has 0 aromatic heterocycles. The molecule has 5 atom stereocenters. The Morgan fingerprint density at radius 2 is 1.57 bits per heavy atom. The first kappa shape index (κ1) is 28.6. The molecule has 216 valence electrons. The van der Waals surface area contributed by atoms with Crippen molar-refractivity contribution >= 4 is 23.4 Å². The van der Waals surface area contributed by atoms with Crippen molar-refractivity contribution < 1.29 is 24.2 Å². The molecule has 2 fully saturated rings. The summed E-state index contributed by atoms with van der Waals surface area (Å²) in [6.07, 6.45) is 13.9. The molecule has 0 saturated carbocycles. The molecule has 1 aromatic rings. The highest BCUT2D eigenvalue weighted by molar-refractivity contribution is 6.04. The van der Waals surface area contributed by atoms with Crippen LogP contribution in [0.15, 0.2) is 54.6 Å². The summed E-state index contributed by atoms with van der Waals surface area (Å²) in [6.45, 7) is 6.09. The lowest BCUT2D eigenvalue weighted by molar-refractivity contribution is -0.151. The van der Waals surface area contributed by atoms with Crippen molar-refractivity contribution in [3.8, 4) is 0 Å². The molecule has 4 aliphatic heterocycles. The van der Waals surface area contributed by atoms with E-state index in [1.165, 1.54) is 0 Å². The maximum absolute atomic E-state index is 14.4. The predicted molar refractivity (Wildman–Crippen MR) is 153 cm³/mol. The van der Waals surface area contributed by atoms with Crippen LogP contribution in [0.25, 0.3) is 0 Å². The first-order valence-electron chi connectivity index (χ1n) is 15.0. The Bertz CT molecular complexity index is 1150. The van der Waals surface area contributed by atoms with Crippen LogP contribution in [0, 0.1) is 11.8 Å². The number of nitrogens with zero attached hydrogens (tertiary/aromatic N) is 3. The molecule has 1 N–H and O–H groups in total. The molecule has 0 bridgehead atoms. The number of aliphatic hydroxyl groups excluding tert-OH is 1. The second-order valence-electron chi connectivity index (χ2n) is 11.7. The highest BCUT2D eigenvalue weighted by atomic mass is 16.5. The van der Waals surface area contributed by atoms with Crippen LogP contribution in [0.1, 0.15) is 58.8 Å². The van der Waals surface area contributed by atoms with E-state index in [0.29, 0.717) is 26.2 Å². The normalized spacial score (nSPS) is 31.3. The monoisotopic (exact) mass is 549 g/mol. The molecule has 4 heterocycles. The van der Waals surface area contributed by atoms with Crippen molar-refractivity contribution in [1.82, 2.24) is 9.80 Å². The lowest BCUT2D eigenvalue weighted by atomic mass is 9.74. The predicted octanol–water partition coefficient (Wildman–Crippen LogP) is 3.70. The minimum absolute atomic E-state index is 0.0938. The molecule has 0 radical (unpaired) electrons. The Labute approximate surface area is 237 Å². The van der Waals surface area contributed by atoms with Gasteiger partial charge in [-0.2, -0.15) is 0 Å². The number of para-hydroxylation sites is 1. The van der Waals surface area contributed by atoms with Crippen LogP contribution in [0.4, 0.5) is 5.69 Å². The van der Waals surface area contributed by atoms with E-state index in [2.05, 4.69) is 6.92 Å². The molecule has 8 nitrogen and oxygen atoms in total. The largest absolute Gasteiger partial charge is 0.396 e. The summed E-state index contributed by atoms with van der Waals surface area (Å²) in [6, 6.07) is 8.72. The molecule has 8 heteroatoms. The van der Waals surface area contributed by atoms with Crippen LogP contribution in [0.2, 0.25) is 0 Å². The summed E-state index contributed by atoms with van der Waals surface area (Å²) in [4.78, 5) is 48.3. The fourth-order valence-electron chi connectivity index (χ4n) is 7.15. The number of hydrogen-bond donors (Lipinski definition) is 1. The van der Waals surface area contributed by atoms with E-state index in [4.69, 9.17) is 4.74 Å². The quantitative estimate of drug-likeness (QED) is 0.336. The van der Waals surface area contributed by atoms with Gasteiger partial charge >= 0.3 is 0 Å². The van der Waals surface area contributed by atoms with E-state index >= 15 is 0 Å². The SMILES string of the molecule is CCCCCN1CC=C[C@]23O[C@@]4(C)C=CCN(c5ccccc5)C(=O)[C@H]4[C@H]2C(=O)N(CCCCCCO)C3C1=O. The molecular weight excluding hydrogens is 506 g/mol. The van der Waals surface area contributed by atoms with Crippen LogP contribution in [0.3, 0.4) is 0 Å². The number of benzene rings is 1. The minimum Gasteiger partial charge on any atom is -0.396 e. The molecule has 1 unspecified atom stereocenters. The summed E-state index contributed by atoms with van der Waals surface area (Å²) in [5.41, 5.74) is -1.45. The minimum atomic E-state index is -1.21. The van der Waals surface area contributed by atoms with Gasteiger partial charge in [-0.05, 0) is 38.3 Å². The molecule has 5 rings (SSSR count). The number of anilines is 1. The molecular formula is C32H43N3O5. The number of ether oxygens (including phenoxy) is 1. The van der Waals surface area contributed by atoms with Crippen LogP contribution in [-0.2, 0) is 19.1 Å². The standard InChI is InChI=1S/C32H43N3O5/c1-3-4-10-19-33-20-14-18-32-26(29(38)35(27(32)30(33)39)21-11-5-6-12-23-36)25-28(37)34(24-15-8-7-9-16-24)22-13-17-31(25,2)40-32/h7-9,13-18,25-27,36H,3-6,10-12,19-23H2,1-2H3/t25-,26+,27?,31+,32+/m1/s1. The van der Waals surface area contributed by atoms with Gasteiger partial charge in [0.05, 0.1) is 17.4 Å². The average Bonchev–Trinajstić information content (AvgIpc) is 3.21. The van der Waals surface area contributed by atoms with E-state index in [1.807, 2.05) is 66.5 Å². The van der Waals surface area contributed by atoms with Gasteiger partial charge < -0.3 is 24.5 Å². The third-order valence-corrected chi connectivity index (χ3v) is 9.05. The number of hydrogen-bond acceptors (Lipinski definition) is 5. The van der Waals surface area contributed by atoms with Gasteiger partial charge in [-0.15, -0.1) is 0 Å². The summed E-state index contributed by atoms with van der Waals surface area (Å²) in [5, 5.41) is 9.17. The number of unbranched alkanes of at least 4 members (excludes halogenated alkanes) is 5. The highest BCUT2D eigenvalue weighted by Crippen LogP contribution is 2.57. The molecule has 0 aliphatic carbocycles. The van der Waals surface area contributed by atoms with Crippen molar-refractivity contribution in [2.75, 3.05) is 37.7 Å².